The number of aromatic nitrogens is 4. The fourth-order valence-corrected chi connectivity index (χ4v) is 3.49. The number of thioether (sulfide) groups is 1. The minimum Gasteiger partial charge on any atom is -0.308 e. The highest BCUT2D eigenvalue weighted by Crippen LogP contribution is 2.34. The van der Waals surface area contributed by atoms with Crippen molar-refractivity contribution in [3.8, 4) is 0 Å². The predicted octanol–water partition coefficient (Wildman–Crippen LogP) is 1.80. The smallest absolute Gasteiger partial charge is 0.181 e. The van der Waals surface area contributed by atoms with Crippen LogP contribution in [-0.2, 0) is 0 Å². The van der Waals surface area contributed by atoms with Crippen LogP contribution in [0.25, 0.3) is 0 Å². The summed E-state index contributed by atoms with van der Waals surface area (Å²) in [6.07, 6.45) is 3.45. The number of nitrogens with zero attached hydrogens (tertiary/aromatic N) is 4. The summed E-state index contributed by atoms with van der Waals surface area (Å²) in [7, 11) is 0. The van der Waals surface area contributed by atoms with Gasteiger partial charge in [-0.15, -0.1) is 10.2 Å². The maximum atomic E-state index is 5.36. The molecule has 0 radical (unpaired) electrons. The summed E-state index contributed by atoms with van der Waals surface area (Å²) in [5, 5.41) is 8.94. The largest absolute Gasteiger partial charge is 0.308 e. The van der Waals surface area contributed by atoms with E-state index in [0.717, 1.165) is 19.3 Å². The fraction of sp³-hybridized carbons (Fsp3) is 0.250. The van der Waals surface area contributed by atoms with E-state index in [1.165, 1.54) is 18.1 Å². The lowest BCUT2D eigenvalue weighted by molar-refractivity contribution is 0.947. The molecule has 0 spiro atoms. The SMILES string of the molecule is CSc1nnc(Sc2ncnc(NN)c2C)s1. The molecule has 0 amide bonds. The summed E-state index contributed by atoms with van der Waals surface area (Å²) >= 11 is 4.58. The number of hydrogen-bond acceptors (Lipinski definition) is 9. The third-order valence-electron chi connectivity index (χ3n) is 1.92. The molecule has 0 fully saturated rings. The highest BCUT2D eigenvalue weighted by atomic mass is 32.2. The summed E-state index contributed by atoms with van der Waals surface area (Å²) in [6, 6.07) is 0. The number of hydrogen-bond donors (Lipinski definition) is 2. The molecule has 0 atom stereocenters. The van der Waals surface area contributed by atoms with E-state index >= 15 is 0 Å². The monoisotopic (exact) mass is 286 g/mol. The third-order valence-corrected chi connectivity index (χ3v) is 4.98. The molecule has 0 unspecified atom stereocenters. The van der Waals surface area contributed by atoms with Gasteiger partial charge in [0.15, 0.2) is 8.68 Å². The Morgan fingerprint density at radius 3 is 2.71 bits per heavy atom. The molecule has 2 heterocycles. The molecule has 9 heteroatoms. The molecule has 0 saturated heterocycles. The van der Waals surface area contributed by atoms with Gasteiger partial charge < -0.3 is 5.43 Å². The molecule has 2 aromatic rings. The fourth-order valence-electron chi connectivity index (χ4n) is 1.09. The number of nitrogen functional groups attached to an aromatic ring is 1. The van der Waals surface area contributed by atoms with Crippen LogP contribution in [0.5, 0.6) is 0 Å². The topological polar surface area (TPSA) is 89.6 Å². The Bertz CT molecular complexity index is 514. The van der Waals surface area contributed by atoms with Gasteiger partial charge in [-0.1, -0.05) is 23.1 Å². The number of nitrogens with two attached hydrogens (primary N) is 1. The Labute approximate surface area is 111 Å². The Morgan fingerprint density at radius 2 is 2.06 bits per heavy atom. The van der Waals surface area contributed by atoms with Crippen molar-refractivity contribution in [3.05, 3.63) is 11.9 Å². The van der Waals surface area contributed by atoms with Gasteiger partial charge in [0.1, 0.15) is 17.2 Å². The van der Waals surface area contributed by atoms with Crippen molar-refractivity contribution in [1.29, 1.82) is 0 Å². The van der Waals surface area contributed by atoms with Gasteiger partial charge in [0.2, 0.25) is 0 Å². The van der Waals surface area contributed by atoms with Crippen LogP contribution in [0.2, 0.25) is 0 Å². The van der Waals surface area contributed by atoms with E-state index in [4.69, 9.17) is 5.84 Å². The van der Waals surface area contributed by atoms with Crippen LogP contribution < -0.4 is 11.3 Å². The van der Waals surface area contributed by atoms with Gasteiger partial charge in [-0.05, 0) is 24.9 Å². The summed E-state index contributed by atoms with van der Waals surface area (Å²) in [4.78, 5) is 8.23. The van der Waals surface area contributed by atoms with Crippen molar-refractivity contribution in [2.45, 2.75) is 20.6 Å². The third kappa shape index (κ3) is 2.86. The van der Waals surface area contributed by atoms with Gasteiger partial charge in [0, 0.05) is 5.56 Å². The van der Waals surface area contributed by atoms with Crippen LogP contribution in [-0.4, -0.2) is 26.4 Å². The van der Waals surface area contributed by atoms with Crippen LogP contribution in [0.4, 0.5) is 5.82 Å². The Hall–Kier alpha value is -0.900. The number of anilines is 1. The molecular formula is C8H10N6S3. The molecule has 17 heavy (non-hydrogen) atoms. The second kappa shape index (κ2) is 5.63. The average Bonchev–Trinajstić information content (AvgIpc) is 2.79. The first-order chi connectivity index (χ1) is 8.24. The van der Waals surface area contributed by atoms with Crippen molar-refractivity contribution < 1.29 is 0 Å². The Morgan fingerprint density at radius 1 is 1.29 bits per heavy atom. The van der Waals surface area contributed by atoms with E-state index in [9.17, 15) is 0 Å². The molecule has 0 saturated carbocycles. The van der Waals surface area contributed by atoms with Crippen LogP contribution in [0.1, 0.15) is 5.56 Å². The minimum absolute atomic E-state index is 0.622. The lowest BCUT2D eigenvalue weighted by Crippen LogP contribution is -2.10. The molecule has 2 rings (SSSR count). The second-order valence-corrected chi connectivity index (χ2v) is 6.20. The van der Waals surface area contributed by atoms with Gasteiger partial charge in [-0.25, -0.2) is 15.8 Å². The van der Waals surface area contributed by atoms with Crippen LogP contribution in [0.3, 0.4) is 0 Å². The molecule has 0 aliphatic carbocycles. The molecule has 0 aromatic carbocycles. The second-order valence-electron chi connectivity index (χ2n) is 2.94. The zero-order valence-corrected chi connectivity index (χ0v) is 11.6. The quantitative estimate of drug-likeness (QED) is 0.380. The molecule has 0 bridgehead atoms. The highest BCUT2D eigenvalue weighted by molar-refractivity contribution is 8.03. The summed E-state index contributed by atoms with van der Waals surface area (Å²) in [6.45, 7) is 1.91. The first-order valence-corrected chi connectivity index (χ1v) is 7.44. The van der Waals surface area contributed by atoms with Crippen LogP contribution in [0, 0.1) is 6.92 Å². The lowest BCUT2D eigenvalue weighted by Gasteiger charge is -2.05. The molecule has 6 nitrogen and oxygen atoms in total. The van der Waals surface area contributed by atoms with Crippen molar-refractivity contribution in [2.24, 2.45) is 5.84 Å². The zero-order chi connectivity index (χ0) is 12.3. The van der Waals surface area contributed by atoms with Crippen LogP contribution in [0.15, 0.2) is 20.0 Å². The lowest BCUT2D eigenvalue weighted by atomic mass is 10.3. The first kappa shape index (κ1) is 12.6. The maximum Gasteiger partial charge on any atom is 0.181 e. The number of rotatable bonds is 4. The van der Waals surface area contributed by atoms with Crippen LogP contribution >= 0.6 is 34.9 Å². The van der Waals surface area contributed by atoms with E-state index in [2.05, 4.69) is 25.6 Å². The maximum absolute atomic E-state index is 5.36. The highest BCUT2D eigenvalue weighted by Gasteiger charge is 2.11. The van der Waals surface area contributed by atoms with E-state index in [-0.39, 0.29) is 0 Å². The molecule has 90 valence electrons. The normalized spacial score (nSPS) is 10.5. The van der Waals surface area contributed by atoms with Gasteiger partial charge >= 0.3 is 0 Å². The van der Waals surface area contributed by atoms with Crippen molar-refractivity contribution in [1.82, 2.24) is 20.2 Å². The van der Waals surface area contributed by atoms with Crippen molar-refractivity contribution >= 4 is 40.7 Å². The number of hydrazine groups is 1. The summed E-state index contributed by atoms with van der Waals surface area (Å²) in [5.74, 6) is 5.98. The average molecular weight is 286 g/mol. The zero-order valence-electron chi connectivity index (χ0n) is 9.17. The predicted molar refractivity (Wildman–Crippen MR) is 70.4 cm³/mol. The van der Waals surface area contributed by atoms with E-state index in [1.54, 1.807) is 23.1 Å². The summed E-state index contributed by atoms with van der Waals surface area (Å²) < 4.78 is 1.80. The standard InChI is InChI=1S/C8H10N6S3/c1-4-5(12-9)10-3-11-6(4)16-8-14-13-7(15-2)17-8/h3H,9H2,1-2H3,(H,10,11,12). The van der Waals surface area contributed by atoms with E-state index in [0.29, 0.717) is 5.82 Å². The molecular weight excluding hydrogens is 276 g/mol. The molecule has 3 N–H and O–H groups in total. The van der Waals surface area contributed by atoms with Gasteiger partial charge in [-0.3, -0.25) is 0 Å². The van der Waals surface area contributed by atoms with E-state index < -0.39 is 0 Å². The Balaban J connectivity index is 2.23. The number of nitrogens with one attached hydrogen (secondary N) is 1. The Kier molecular flexibility index (Phi) is 4.15. The van der Waals surface area contributed by atoms with Gasteiger partial charge in [0.05, 0.1) is 0 Å². The van der Waals surface area contributed by atoms with Gasteiger partial charge in [0.25, 0.3) is 0 Å². The van der Waals surface area contributed by atoms with Crippen molar-refractivity contribution in [3.63, 3.8) is 0 Å². The first-order valence-electron chi connectivity index (χ1n) is 4.58. The van der Waals surface area contributed by atoms with Crippen molar-refractivity contribution in [2.75, 3.05) is 11.7 Å². The molecule has 0 aliphatic heterocycles. The molecule has 2 aromatic heterocycles. The molecule has 0 aliphatic rings. The van der Waals surface area contributed by atoms with Gasteiger partial charge in [-0.2, -0.15) is 0 Å². The van der Waals surface area contributed by atoms with E-state index in [1.807, 2.05) is 13.2 Å². The summed E-state index contributed by atoms with van der Waals surface area (Å²) in [5.41, 5.74) is 3.44. The minimum atomic E-state index is 0.622.